The van der Waals surface area contributed by atoms with Crippen molar-refractivity contribution in [3.05, 3.63) is 49.1 Å². The standard InChI is InChI=1S/C14H25BSi/c1-7-10-11-14(16(4,5)6)15(12-8-2)13-9-3/h7-9,11H,1-3,10,12-13H2,4-6H3/b14-11+. The molecular formula is C14H25BSi. The molecule has 0 fully saturated rings. The Labute approximate surface area is 103 Å². The van der Waals surface area contributed by atoms with Crippen LogP contribution in [0.2, 0.25) is 32.3 Å². The first kappa shape index (κ1) is 15.2. The number of hydrogen-bond acceptors (Lipinski definition) is 0. The summed E-state index contributed by atoms with van der Waals surface area (Å²) in [5.74, 6) is 0. The van der Waals surface area contributed by atoms with Gasteiger partial charge >= 0.3 is 0 Å². The summed E-state index contributed by atoms with van der Waals surface area (Å²) in [6.45, 7) is 19.3. The van der Waals surface area contributed by atoms with E-state index in [9.17, 15) is 0 Å². The van der Waals surface area contributed by atoms with Gasteiger partial charge in [-0.15, -0.1) is 24.8 Å². The summed E-state index contributed by atoms with van der Waals surface area (Å²) in [7, 11) is -1.24. The van der Waals surface area contributed by atoms with Crippen LogP contribution in [0.1, 0.15) is 6.42 Å². The molecule has 0 aromatic heterocycles. The molecule has 0 unspecified atom stereocenters. The maximum atomic E-state index is 3.86. The Balaban J connectivity index is 5.01. The Bertz CT molecular complexity index is 261. The lowest BCUT2D eigenvalue weighted by atomic mass is 9.44. The van der Waals surface area contributed by atoms with Crippen molar-refractivity contribution < 1.29 is 0 Å². The van der Waals surface area contributed by atoms with Crippen LogP contribution in [0, 0.1) is 0 Å². The molecule has 0 aliphatic carbocycles. The minimum atomic E-state index is -1.24. The fourth-order valence-corrected chi connectivity index (χ4v) is 4.24. The second kappa shape index (κ2) is 7.50. The zero-order valence-corrected chi connectivity index (χ0v) is 12.1. The van der Waals surface area contributed by atoms with Crippen LogP contribution < -0.4 is 0 Å². The topological polar surface area (TPSA) is 0 Å². The van der Waals surface area contributed by atoms with Gasteiger partial charge < -0.3 is 0 Å². The van der Waals surface area contributed by atoms with Crippen LogP contribution in [-0.4, -0.2) is 14.8 Å². The molecule has 0 spiro atoms. The molecule has 0 rings (SSSR count). The van der Waals surface area contributed by atoms with Crippen LogP contribution in [0.25, 0.3) is 0 Å². The second-order valence-electron chi connectivity index (χ2n) is 5.18. The van der Waals surface area contributed by atoms with Crippen molar-refractivity contribution in [3.8, 4) is 0 Å². The van der Waals surface area contributed by atoms with Crippen LogP contribution in [0.15, 0.2) is 49.1 Å². The van der Waals surface area contributed by atoms with Crippen molar-refractivity contribution in [1.29, 1.82) is 0 Å². The van der Waals surface area contributed by atoms with E-state index in [1.165, 1.54) is 0 Å². The molecule has 0 nitrogen and oxygen atoms in total. The molecule has 88 valence electrons. The molecule has 0 N–H and O–H groups in total. The molecule has 0 aromatic rings. The second-order valence-corrected chi connectivity index (χ2v) is 10.3. The van der Waals surface area contributed by atoms with Crippen molar-refractivity contribution in [2.45, 2.75) is 38.7 Å². The highest BCUT2D eigenvalue weighted by molar-refractivity contribution is 6.98. The summed E-state index contributed by atoms with van der Waals surface area (Å²) in [6.07, 6.45) is 11.5. The summed E-state index contributed by atoms with van der Waals surface area (Å²) in [5.41, 5.74) is 0. The zero-order valence-electron chi connectivity index (χ0n) is 11.1. The summed E-state index contributed by atoms with van der Waals surface area (Å²) in [6, 6.07) is 0. The molecule has 0 aliphatic rings. The van der Waals surface area contributed by atoms with Gasteiger partial charge in [0.25, 0.3) is 0 Å². The maximum Gasteiger partial charge on any atom is 0.173 e. The Morgan fingerprint density at radius 2 is 1.50 bits per heavy atom. The van der Waals surface area contributed by atoms with Crippen LogP contribution in [-0.2, 0) is 0 Å². The van der Waals surface area contributed by atoms with Gasteiger partial charge in [-0.05, 0) is 6.42 Å². The van der Waals surface area contributed by atoms with E-state index in [1.54, 1.807) is 5.10 Å². The lowest BCUT2D eigenvalue weighted by Crippen LogP contribution is -2.34. The summed E-state index contributed by atoms with van der Waals surface area (Å²) in [5, 5.41) is 1.63. The van der Waals surface area contributed by atoms with Gasteiger partial charge in [-0.2, -0.15) is 0 Å². The molecule has 0 heterocycles. The van der Waals surface area contributed by atoms with E-state index in [0.29, 0.717) is 6.71 Å². The molecule has 0 radical (unpaired) electrons. The van der Waals surface area contributed by atoms with Gasteiger partial charge in [-0.1, -0.05) is 56.6 Å². The third-order valence-electron chi connectivity index (χ3n) is 2.71. The van der Waals surface area contributed by atoms with E-state index < -0.39 is 8.07 Å². The SMILES string of the molecule is C=CC/C=C(\B(CC=C)CC=C)[Si](C)(C)C. The van der Waals surface area contributed by atoms with Crippen molar-refractivity contribution in [2.24, 2.45) is 0 Å². The normalized spacial score (nSPS) is 12.1. The first-order valence-electron chi connectivity index (χ1n) is 6.00. The van der Waals surface area contributed by atoms with E-state index in [0.717, 1.165) is 19.1 Å². The monoisotopic (exact) mass is 232 g/mol. The predicted molar refractivity (Wildman–Crippen MR) is 82.0 cm³/mol. The minimum Gasteiger partial charge on any atom is -0.114 e. The molecular weight excluding hydrogens is 207 g/mol. The fourth-order valence-electron chi connectivity index (χ4n) is 2.05. The van der Waals surface area contributed by atoms with Crippen molar-refractivity contribution in [1.82, 2.24) is 0 Å². The average molecular weight is 232 g/mol. The predicted octanol–water partition coefficient (Wildman–Crippen LogP) is 4.77. The van der Waals surface area contributed by atoms with Gasteiger partial charge in [0.15, 0.2) is 6.71 Å². The highest BCUT2D eigenvalue weighted by Gasteiger charge is 2.27. The molecule has 0 atom stereocenters. The van der Waals surface area contributed by atoms with Crippen LogP contribution >= 0.6 is 0 Å². The minimum absolute atomic E-state index is 0.599. The Hall–Kier alpha value is -0.758. The molecule has 2 heteroatoms. The van der Waals surface area contributed by atoms with E-state index in [2.05, 4.69) is 45.5 Å². The molecule has 0 saturated carbocycles. The Morgan fingerprint density at radius 3 is 1.81 bits per heavy atom. The maximum absolute atomic E-state index is 3.86. The third-order valence-corrected chi connectivity index (χ3v) is 5.06. The zero-order chi connectivity index (χ0) is 12.6. The summed E-state index contributed by atoms with van der Waals surface area (Å²) < 4.78 is 0. The average Bonchev–Trinajstić information content (AvgIpc) is 2.17. The van der Waals surface area contributed by atoms with Crippen molar-refractivity contribution in [2.75, 3.05) is 0 Å². The summed E-state index contributed by atoms with van der Waals surface area (Å²) in [4.78, 5) is 0. The summed E-state index contributed by atoms with van der Waals surface area (Å²) >= 11 is 0. The first-order valence-corrected chi connectivity index (χ1v) is 9.50. The lowest BCUT2D eigenvalue weighted by molar-refractivity contribution is 1.38. The van der Waals surface area contributed by atoms with Crippen molar-refractivity contribution in [3.63, 3.8) is 0 Å². The quantitative estimate of drug-likeness (QED) is 0.417. The van der Waals surface area contributed by atoms with Gasteiger partial charge in [-0.3, -0.25) is 0 Å². The first-order chi connectivity index (χ1) is 7.47. The molecule has 0 saturated heterocycles. The Kier molecular flexibility index (Phi) is 7.15. The Morgan fingerprint density at radius 1 is 1.00 bits per heavy atom. The largest absolute Gasteiger partial charge is 0.173 e. The van der Waals surface area contributed by atoms with Crippen LogP contribution in [0.4, 0.5) is 0 Å². The number of rotatable bonds is 8. The van der Waals surface area contributed by atoms with Gasteiger partial charge in [0, 0.05) is 0 Å². The van der Waals surface area contributed by atoms with Crippen LogP contribution in [0.3, 0.4) is 0 Å². The van der Waals surface area contributed by atoms with E-state index in [1.807, 2.05) is 18.2 Å². The molecule has 16 heavy (non-hydrogen) atoms. The van der Waals surface area contributed by atoms with E-state index in [4.69, 9.17) is 0 Å². The van der Waals surface area contributed by atoms with Gasteiger partial charge in [0.1, 0.15) is 0 Å². The number of allylic oxidation sites excluding steroid dienone is 4. The molecule has 0 amide bonds. The number of hydrogen-bond donors (Lipinski definition) is 0. The van der Waals surface area contributed by atoms with Gasteiger partial charge in [0.05, 0.1) is 8.07 Å². The highest BCUT2D eigenvalue weighted by atomic mass is 28.3. The van der Waals surface area contributed by atoms with Gasteiger partial charge in [0.2, 0.25) is 0 Å². The lowest BCUT2D eigenvalue weighted by Gasteiger charge is -2.26. The highest BCUT2D eigenvalue weighted by Crippen LogP contribution is 2.23. The van der Waals surface area contributed by atoms with Crippen LogP contribution in [0.5, 0.6) is 0 Å². The molecule has 0 aromatic carbocycles. The third kappa shape index (κ3) is 5.36. The molecule has 0 bridgehead atoms. The smallest absolute Gasteiger partial charge is 0.114 e. The van der Waals surface area contributed by atoms with E-state index >= 15 is 0 Å². The molecule has 0 aliphatic heterocycles. The fraction of sp³-hybridized carbons (Fsp3) is 0.429. The van der Waals surface area contributed by atoms with Gasteiger partial charge in [-0.25, -0.2) is 0 Å². The van der Waals surface area contributed by atoms with Crippen molar-refractivity contribution >= 4 is 14.8 Å². The van der Waals surface area contributed by atoms with E-state index in [-0.39, 0.29) is 0 Å².